The Hall–Kier alpha value is -0.340. The molecule has 1 saturated heterocycles. The summed E-state index contributed by atoms with van der Waals surface area (Å²) in [4.78, 5) is 10.6. The van der Waals surface area contributed by atoms with Gasteiger partial charge in [0.25, 0.3) is 0 Å². The number of carboxylic acids is 1. The smallest absolute Gasteiger partial charge is 0.313 e. The summed E-state index contributed by atoms with van der Waals surface area (Å²) in [6.45, 7) is 2.79. The van der Waals surface area contributed by atoms with Crippen molar-refractivity contribution in [2.24, 2.45) is 0 Å². The number of carbonyl (C=O) groups is 1. The van der Waals surface area contributed by atoms with E-state index in [1.54, 1.807) is 0 Å². The quantitative estimate of drug-likeness (QED) is 0.829. The molecule has 5 nitrogen and oxygen atoms in total. The van der Waals surface area contributed by atoms with Gasteiger partial charge in [0, 0.05) is 29.1 Å². The normalized spacial score (nSPS) is 19.9. The minimum absolute atomic E-state index is 0.0324. The van der Waals surface area contributed by atoms with E-state index in [1.165, 1.54) is 23.3 Å². The van der Waals surface area contributed by atoms with E-state index < -0.39 is 5.97 Å². The van der Waals surface area contributed by atoms with E-state index in [4.69, 9.17) is 5.11 Å². The molecule has 0 aromatic carbocycles. The lowest BCUT2D eigenvalue weighted by Crippen LogP contribution is -2.21. The van der Waals surface area contributed by atoms with Gasteiger partial charge in [-0.3, -0.25) is 4.79 Å². The fourth-order valence-corrected chi connectivity index (χ4v) is 5.02. The van der Waals surface area contributed by atoms with Crippen LogP contribution in [0.15, 0.2) is 5.16 Å². The van der Waals surface area contributed by atoms with E-state index in [0.717, 1.165) is 18.1 Å². The molecule has 1 aliphatic rings. The van der Waals surface area contributed by atoms with Gasteiger partial charge >= 0.3 is 5.97 Å². The fourth-order valence-electron chi connectivity index (χ4n) is 1.65. The van der Waals surface area contributed by atoms with Crippen LogP contribution in [0.5, 0.6) is 0 Å². The predicted octanol–water partition coefficient (Wildman–Crippen LogP) is 1.61. The van der Waals surface area contributed by atoms with Gasteiger partial charge < -0.3 is 9.67 Å². The summed E-state index contributed by atoms with van der Waals surface area (Å²) in [5.74, 6) is 3.63. The SMILES string of the molecule is Cc1nnc(SCC(=O)O)n1CC1CSCCS1. The average Bonchev–Trinajstić information content (AvgIpc) is 2.70. The molecule has 1 unspecified atom stereocenters. The number of aromatic nitrogens is 3. The second-order valence-electron chi connectivity index (χ2n) is 3.89. The molecule has 1 fully saturated rings. The van der Waals surface area contributed by atoms with Crippen LogP contribution in [-0.2, 0) is 11.3 Å². The largest absolute Gasteiger partial charge is 0.481 e. The molecule has 0 radical (unpaired) electrons. The summed E-state index contributed by atoms with van der Waals surface area (Å²) in [6, 6.07) is 0. The lowest BCUT2D eigenvalue weighted by Gasteiger charge is -2.22. The van der Waals surface area contributed by atoms with Crippen LogP contribution in [0.1, 0.15) is 5.82 Å². The Labute approximate surface area is 118 Å². The number of hydrogen-bond donors (Lipinski definition) is 1. The van der Waals surface area contributed by atoms with Gasteiger partial charge in [-0.1, -0.05) is 11.8 Å². The van der Waals surface area contributed by atoms with E-state index in [9.17, 15) is 4.79 Å². The lowest BCUT2D eigenvalue weighted by molar-refractivity contribution is -0.133. The van der Waals surface area contributed by atoms with Gasteiger partial charge in [-0.2, -0.15) is 23.5 Å². The lowest BCUT2D eigenvalue weighted by atomic mass is 10.4. The number of nitrogens with zero attached hydrogens (tertiary/aromatic N) is 3. The third kappa shape index (κ3) is 3.83. The third-order valence-electron chi connectivity index (χ3n) is 2.50. The molecule has 1 atom stereocenters. The van der Waals surface area contributed by atoms with Crippen molar-refractivity contribution in [3.63, 3.8) is 0 Å². The van der Waals surface area contributed by atoms with E-state index in [0.29, 0.717) is 10.4 Å². The molecule has 2 heterocycles. The number of hydrogen-bond acceptors (Lipinski definition) is 6. The summed E-state index contributed by atoms with van der Waals surface area (Å²) in [5.41, 5.74) is 0. The van der Waals surface area contributed by atoms with Crippen LogP contribution >= 0.6 is 35.3 Å². The van der Waals surface area contributed by atoms with Crippen molar-refractivity contribution in [2.75, 3.05) is 23.0 Å². The van der Waals surface area contributed by atoms with Crippen LogP contribution in [0.4, 0.5) is 0 Å². The van der Waals surface area contributed by atoms with Crippen LogP contribution in [0.2, 0.25) is 0 Å². The topological polar surface area (TPSA) is 68.0 Å². The molecule has 0 saturated carbocycles. The number of carboxylic acid groups (broad SMARTS) is 1. The second kappa shape index (κ2) is 6.72. The highest BCUT2D eigenvalue weighted by atomic mass is 32.2. The van der Waals surface area contributed by atoms with Gasteiger partial charge in [0.05, 0.1) is 5.75 Å². The number of thioether (sulfide) groups is 3. The van der Waals surface area contributed by atoms with Crippen molar-refractivity contribution >= 4 is 41.3 Å². The van der Waals surface area contributed by atoms with Gasteiger partial charge in [0.1, 0.15) is 5.82 Å². The van der Waals surface area contributed by atoms with Crippen LogP contribution in [0.25, 0.3) is 0 Å². The molecule has 8 heteroatoms. The van der Waals surface area contributed by atoms with E-state index in [-0.39, 0.29) is 5.75 Å². The highest BCUT2D eigenvalue weighted by Crippen LogP contribution is 2.27. The summed E-state index contributed by atoms with van der Waals surface area (Å²) in [5, 5.41) is 18.1. The molecule has 1 aliphatic heterocycles. The molecule has 0 spiro atoms. The molecule has 1 aromatic heterocycles. The first-order valence-electron chi connectivity index (χ1n) is 5.60. The van der Waals surface area contributed by atoms with E-state index in [2.05, 4.69) is 10.2 Å². The van der Waals surface area contributed by atoms with Crippen LogP contribution in [0, 0.1) is 6.92 Å². The van der Waals surface area contributed by atoms with Crippen molar-refractivity contribution in [1.29, 1.82) is 0 Å². The second-order valence-corrected chi connectivity index (χ2v) is 7.39. The molecular weight excluding hydrogens is 290 g/mol. The first kappa shape index (κ1) is 14.1. The zero-order valence-corrected chi connectivity index (χ0v) is 12.5. The van der Waals surface area contributed by atoms with Crippen molar-refractivity contribution < 1.29 is 9.90 Å². The highest BCUT2D eigenvalue weighted by molar-refractivity contribution is 8.06. The molecular formula is C10H15N3O2S3. The summed E-state index contributed by atoms with van der Waals surface area (Å²) < 4.78 is 2.04. The minimum atomic E-state index is -0.824. The average molecular weight is 305 g/mol. The van der Waals surface area contributed by atoms with Gasteiger partial charge in [-0.25, -0.2) is 0 Å². The first-order chi connectivity index (χ1) is 8.66. The molecule has 2 rings (SSSR count). The third-order valence-corrected chi connectivity index (χ3v) is 6.28. The maximum Gasteiger partial charge on any atom is 0.313 e. The molecule has 0 aliphatic carbocycles. The number of aliphatic carboxylic acids is 1. The maximum atomic E-state index is 10.6. The van der Waals surface area contributed by atoms with Crippen molar-refractivity contribution in [1.82, 2.24) is 14.8 Å². The Kier molecular flexibility index (Phi) is 5.25. The van der Waals surface area contributed by atoms with Gasteiger partial charge in [0.15, 0.2) is 5.16 Å². The van der Waals surface area contributed by atoms with Crippen molar-refractivity contribution in [3.05, 3.63) is 5.82 Å². The van der Waals surface area contributed by atoms with Gasteiger partial charge in [0.2, 0.25) is 0 Å². The number of rotatable bonds is 5. The Balaban J connectivity index is 2.01. The Morgan fingerprint density at radius 3 is 3.06 bits per heavy atom. The molecule has 100 valence electrons. The Bertz CT molecular complexity index is 419. The van der Waals surface area contributed by atoms with Crippen LogP contribution in [-0.4, -0.2) is 54.1 Å². The van der Waals surface area contributed by atoms with Crippen molar-refractivity contribution in [2.45, 2.75) is 23.9 Å². The zero-order valence-electron chi connectivity index (χ0n) is 10.0. The molecule has 18 heavy (non-hydrogen) atoms. The van der Waals surface area contributed by atoms with E-state index >= 15 is 0 Å². The Morgan fingerprint density at radius 2 is 2.39 bits per heavy atom. The molecule has 0 bridgehead atoms. The van der Waals surface area contributed by atoms with Crippen molar-refractivity contribution in [3.8, 4) is 0 Å². The standard InChI is InChI=1S/C10H15N3O2S3/c1-7-11-12-10(18-6-9(14)15)13(7)4-8-5-16-2-3-17-8/h8H,2-6H2,1H3,(H,14,15). The summed E-state index contributed by atoms with van der Waals surface area (Å²) >= 11 is 5.20. The highest BCUT2D eigenvalue weighted by Gasteiger charge is 2.19. The predicted molar refractivity (Wildman–Crippen MR) is 76.7 cm³/mol. The fraction of sp³-hybridized carbons (Fsp3) is 0.700. The van der Waals surface area contributed by atoms with Crippen LogP contribution in [0.3, 0.4) is 0 Å². The van der Waals surface area contributed by atoms with Gasteiger partial charge in [-0.05, 0) is 6.92 Å². The van der Waals surface area contributed by atoms with E-state index in [1.807, 2.05) is 35.0 Å². The summed E-state index contributed by atoms with van der Waals surface area (Å²) in [7, 11) is 0. The maximum absolute atomic E-state index is 10.6. The van der Waals surface area contributed by atoms with Crippen LogP contribution < -0.4 is 0 Å². The number of aryl methyl sites for hydroxylation is 1. The molecule has 1 N–H and O–H groups in total. The Morgan fingerprint density at radius 1 is 1.56 bits per heavy atom. The zero-order chi connectivity index (χ0) is 13.0. The first-order valence-corrected chi connectivity index (χ1v) is 8.79. The van der Waals surface area contributed by atoms with Gasteiger partial charge in [-0.15, -0.1) is 10.2 Å². The minimum Gasteiger partial charge on any atom is -0.481 e. The summed E-state index contributed by atoms with van der Waals surface area (Å²) in [6.07, 6.45) is 0. The monoisotopic (exact) mass is 305 g/mol. The molecule has 1 aromatic rings. The molecule has 0 amide bonds.